The van der Waals surface area contributed by atoms with Gasteiger partial charge in [0.2, 0.25) is 5.95 Å². The monoisotopic (exact) mass is 275 g/mol. The van der Waals surface area contributed by atoms with E-state index >= 15 is 0 Å². The quantitative estimate of drug-likeness (QED) is 0.431. The van der Waals surface area contributed by atoms with Gasteiger partial charge >= 0.3 is 0 Å². The van der Waals surface area contributed by atoms with Gasteiger partial charge in [0.25, 0.3) is 0 Å². The number of aromatic amines is 1. The number of nitrogens with two attached hydrogens (primary N) is 1. The van der Waals surface area contributed by atoms with Crippen LogP contribution in [0.1, 0.15) is 0 Å². The van der Waals surface area contributed by atoms with E-state index in [0.717, 1.165) is 11.1 Å². The molecule has 7 nitrogen and oxygen atoms in total. The van der Waals surface area contributed by atoms with Crippen LogP contribution in [0.2, 0.25) is 5.02 Å². The molecule has 0 aliphatic rings. The summed E-state index contributed by atoms with van der Waals surface area (Å²) >= 11 is 6.10. The number of anilines is 3. The molecule has 0 unspecified atom stereocenters. The molecule has 19 heavy (non-hydrogen) atoms. The summed E-state index contributed by atoms with van der Waals surface area (Å²) in [4.78, 5) is 8.39. The number of halogens is 1. The minimum atomic E-state index is 0.284. The Hall–Kier alpha value is -2.38. The maximum Gasteiger partial charge on any atom is 0.241 e. The molecule has 3 rings (SSSR count). The van der Waals surface area contributed by atoms with Crippen LogP contribution >= 0.6 is 11.6 Å². The number of nitrogens with one attached hydrogen (secondary N) is 3. The van der Waals surface area contributed by atoms with Crippen molar-refractivity contribution in [2.24, 2.45) is 5.84 Å². The number of rotatable bonds is 3. The lowest BCUT2D eigenvalue weighted by atomic mass is 10.3. The van der Waals surface area contributed by atoms with E-state index in [1.807, 2.05) is 18.2 Å². The summed E-state index contributed by atoms with van der Waals surface area (Å²) in [6, 6.07) is 7.38. The number of nitrogen functional groups attached to an aromatic ring is 1. The molecule has 0 amide bonds. The number of nitrogens with zero attached hydrogens (tertiary/aromatic N) is 3. The van der Waals surface area contributed by atoms with Gasteiger partial charge < -0.3 is 5.32 Å². The lowest BCUT2D eigenvalue weighted by Crippen LogP contribution is -2.11. The highest BCUT2D eigenvalue weighted by Crippen LogP contribution is 2.27. The van der Waals surface area contributed by atoms with Crippen LogP contribution in [0, 0.1) is 0 Å². The Morgan fingerprint density at radius 1 is 1.21 bits per heavy atom. The van der Waals surface area contributed by atoms with E-state index < -0.39 is 0 Å². The number of hydrogen-bond acceptors (Lipinski definition) is 6. The summed E-state index contributed by atoms with van der Waals surface area (Å²) in [6.07, 6.45) is 1.63. The van der Waals surface area contributed by atoms with Gasteiger partial charge in [0.1, 0.15) is 5.82 Å². The van der Waals surface area contributed by atoms with Crippen LogP contribution in [0.4, 0.5) is 17.5 Å². The van der Waals surface area contributed by atoms with Crippen LogP contribution < -0.4 is 16.6 Å². The molecule has 0 saturated carbocycles. The van der Waals surface area contributed by atoms with Crippen LogP contribution in [0.5, 0.6) is 0 Å². The minimum Gasteiger partial charge on any atom is -0.338 e. The molecule has 0 aliphatic heterocycles. The van der Waals surface area contributed by atoms with Gasteiger partial charge in [0, 0.05) is 0 Å². The van der Waals surface area contributed by atoms with Crippen molar-refractivity contribution in [1.82, 2.24) is 20.2 Å². The molecule has 0 saturated heterocycles. The zero-order valence-electron chi connectivity index (χ0n) is 9.68. The average molecular weight is 276 g/mol. The molecule has 2 heterocycles. The molecule has 0 aliphatic carbocycles. The van der Waals surface area contributed by atoms with Crippen molar-refractivity contribution in [3.05, 3.63) is 35.5 Å². The first kappa shape index (κ1) is 11.7. The first-order valence-electron chi connectivity index (χ1n) is 5.47. The summed E-state index contributed by atoms with van der Waals surface area (Å²) in [5.74, 6) is 6.19. The topological polar surface area (TPSA) is 105 Å². The highest BCUT2D eigenvalue weighted by atomic mass is 35.5. The number of aromatic nitrogens is 4. The van der Waals surface area contributed by atoms with Gasteiger partial charge in [-0.1, -0.05) is 23.7 Å². The van der Waals surface area contributed by atoms with Crippen LogP contribution in [0.25, 0.3) is 11.0 Å². The number of hydrogen-bond donors (Lipinski definition) is 4. The van der Waals surface area contributed by atoms with E-state index in [1.54, 1.807) is 12.3 Å². The first-order valence-corrected chi connectivity index (χ1v) is 5.85. The molecule has 0 spiro atoms. The van der Waals surface area contributed by atoms with Gasteiger partial charge in [-0.2, -0.15) is 15.1 Å². The Bertz CT molecular complexity index is 724. The summed E-state index contributed by atoms with van der Waals surface area (Å²) in [7, 11) is 0. The van der Waals surface area contributed by atoms with Crippen LogP contribution in [0.15, 0.2) is 30.5 Å². The smallest absolute Gasteiger partial charge is 0.241 e. The van der Waals surface area contributed by atoms with Crippen molar-refractivity contribution < 1.29 is 0 Å². The summed E-state index contributed by atoms with van der Waals surface area (Å²) in [5.41, 5.74) is 3.73. The van der Waals surface area contributed by atoms with Gasteiger partial charge in [0.05, 0.1) is 22.3 Å². The molecule has 2 aromatic heterocycles. The third-order valence-electron chi connectivity index (χ3n) is 2.57. The summed E-state index contributed by atoms with van der Waals surface area (Å²) in [5, 5.41) is 11.2. The maximum absolute atomic E-state index is 6.10. The molecule has 0 bridgehead atoms. The van der Waals surface area contributed by atoms with E-state index in [4.69, 9.17) is 17.4 Å². The fourth-order valence-corrected chi connectivity index (χ4v) is 1.87. The predicted molar refractivity (Wildman–Crippen MR) is 74.2 cm³/mol. The number of H-pyrrole nitrogens is 1. The van der Waals surface area contributed by atoms with Crippen molar-refractivity contribution in [3.63, 3.8) is 0 Å². The summed E-state index contributed by atoms with van der Waals surface area (Å²) in [6.45, 7) is 0. The van der Waals surface area contributed by atoms with Crippen LogP contribution in [-0.4, -0.2) is 20.2 Å². The Kier molecular flexibility index (Phi) is 2.90. The number of para-hydroxylation sites is 1. The fraction of sp³-hybridized carbons (Fsp3) is 0. The lowest BCUT2D eigenvalue weighted by molar-refractivity contribution is 1.08. The number of hydrazine groups is 1. The van der Waals surface area contributed by atoms with E-state index in [9.17, 15) is 0 Å². The third kappa shape index (κ3) is 2.16. The third-order valence-corrected chi connectivity index (χ3v) is 2.90. The Balaban J connectivity index is 2.09. The van der Waals surface area contributed by atoms with Crippen molar-refractivity contribution in [3.8, 4) is 0 Å². The van der Waals surface area contributed by atoms with Crippen LogP contribution in [0.3, 0.4) is 0 Å². The van der Waals surface area contributed by atoms with E-state index in [1.165, 1.54) is 0 Å². The van der Waals surface area contributed by atoms with Crippen molar-refractivity contribution >= 4 is 40.1 Å². The van der Waals surface area contributed by atoms with Gasteiger partial charge in [0.15, 0.2) is 5.65 Å². The second-order valence-corrected chi connectivity index (χ2v) is 4.18. The zero-order valence-corrected chi connectivity index (χ0v) is 10.4. The number of benzene rings is 1. The van der Waals surface area contributed by atoms with E-state index in [0.29, 0.717) is 16.5 Å². The Labute approximate surface area is 113 Å². The van der Waals surface area contributed by atoms with Gasteiger partial charge in [-0.25, -0.2) is 5.84 Å². The maximum atomic E-state index is 6.10. The molecule has 0 atom stereocenters. The molecule has 0 radical (unpaired) electrons. The first-order chi connectivity index (χ1) is 9.28. The predicted octanol–water partition coefficient (Wildman–Crippen LogP) is 2.04. The van der Waals surface area contributed by atoms with E-state index in [-0.39, 0.29) is 5.95 Å². The SMILES string of the molecule is NNc1nc(Nc2ccccc2Cl)c2cn[nH]c2n1. The van der Waals surface area contributed by atoms with Crippen molar-refractivity contribution in [2.75, 3.05) is 10.7 Å². The molecule has 3 aromatic rings. The summed E-state index contributed by atoms with van der Waals surface area (Å²) < 4.78 is 0. The highest BCUT2D eigenvalue weighted by molar-refractivity contribution is 6.33. The molecule has 5 N–H and O–H groups in total. The van der Waals surface area contributed by atoms with Gasteiger partial charge in [-0.3, -0.25) is 10.5 Å². The molecule has 1 aromatic carbocycles. The van der Waals surface area contributed by atoms with E-state index in [2.05, 4.69) is 30.9 Å². The minimum absolute atomic E-state index is 0.284. The van der Waals surface area contributed by atoms with Gasteiger partial charge in [-0.05, 0) is 12.1 Å². The molecule has 96 valence electrons. The average Bonchev–Trinajstić information content (AvgIpc) is 2.89. The van der Waals surface area contributed by atoms with Crippen molar-refractivity contribution in [1.29, 1.82) is 0 Å². The number of fused-ring (bicyclic) bond motifs is 1. The molecular weight excluding hydrogens is 266 g/mol. The van der Waals surface area contributed by atoms with Crippen LogP contribution in [-0.2, 0) is 0 Å². The second-order valence-electron chi connectivity index (χ2n) is 3.78. The fourth-order valence-electron chi connectivity index (χ4n) is 1.68. The zero-order chi connectivity index (χ0) is 13.2. The molecule has 0 fully saturated rings. The normalized spacial score (nSPS) is 10.6. The second kappa shape index (κ2) is 4.71. The molecule has 8 heteroatoms. The largest absolute Gasteiger partial charge is 0.338 e. The Morgan fingerprint density at radius 3 is 2.84 bits per heavy atom. The van der Waals surface area contributed by atoms with Crippen molar-refractivity contribution in [2.45, 2.75) is 0 Å². The highest BCUT2D eigenvalue weighted by Gasteiger charge is 2.10. The Morgan fingerprint density at radius 2 is 2.05 bits per heavy atom. The molecular formula is C11H10ClN7. The van der Waals surface area contributed by atoms with Gasteiger partial charge in [-0.15, -0.1) is 0 Å². The standard InChI is InChI=1S/C11H10ClN7/c12-7-3-1-2-4-8(7)15-9-6-5-14-19-10(6)17-11(16-9)18-13/h1-5H,13H2,(H3,14,15,16,17,18,19). The lowest BCUT2D eigenvalue weighted by Gasteiger charge is -2.09.